The Morgan fingerprint density at radius 1 is 1.41 bits per heavy atom. The second-order valence-corrected chi connectivity index (χ2v) is 3.87. The lowest BCUT2D eigenvalue weighted by molar-refractivity contribution is 0.392. The molecule has 0 aliphatic rings. The molecule has 0 fully saturated rings. The molecular weight excluding hydrogens is 242 g/mol. The third-order valence-corrected chi connectivity index (χ3v) is 2.89. The number of aromatic nitrogens is 3. The summed E-state index contributed by atoms with van der Waals surface area (Å²) in [5.41, 5.74) is 0.616. The van der Waals surface area contributed by atoms with Crippen molar-refractivity contribution in [1.29, 1.82) is 0 Å². The molecule has 2 aromatic heterocycles. The minimum absolute atomic E-state index is 0.217. The van der Waals surface area contributed by atoms with Crippen molar-refractivity contribution < 1.29 is 9.47 Å². The lowest BCUT2D eigenvalue weighted by atomic mass is 10.3. The predicted octanol–water partition coefficient (Wildman–Crippen LogP) is 0.765. The van der Waals surface area contributed by atoms with Crippen LogP contribution in [-0.2, 0) is 6.54 Å². The molecule has 0 aliphatic heterocycles. The number of hydrogen-bond acceptors (Lipinski definition) is 6. The van der Waals surface area contributed by atoms with Gasteiger partial charge >= 0.3 is 0 Å². The fraction of sp³-hybridized carbons (Fsp3) is 0.300. The first-order chi connectivity index (χ1) is 8.26. The Morgan fingerprint density at radius 2 is 2.24 bits per heavy atom. The summed E-state index contributed by atoms with van der Waals surface area (Å²) in [6, 6.07) is 0. The summed E-state index contributed by atoms with van der Waals surface area (Å²) in [5, 5.41) is 1.84. The van der Waals surface area contributed by atoms with E-state index in [0.717, 1.165) is 5.56 Å². The van der Waals surface area contributed by atoms with Gasteiger partial charge in [-0.3, -0.25) is 9.36 Å². The van der Waals surface area contributed by atoms with Crippen molar-refractivity contribution in [1.82, 2.24) is 13.9 Å². The summed E-state index contributed by atoms with van der Waals surface area (Å²) in [7, 11) is 2.99. The summed E-state index contributed by atoms with van der Waals surface area (Å²) >= 11 is 1.28. The lowest BCUT2D eigenvalue weighted by Crippen LogP contribution is -2.22. The van der Waals surface area contributed by atoms with Crippen molar-refractivity contribution in [2.75, 3.05) is 14.2 Å². The Labute approximate surface area is 102 Å². The molecule has 0 radical (unpaired) electrons. The SMILES string of the molecule is COc1nscc1Cn1cncc(OC)c1=O. The molecule has 0 amide bonds. The predicted molar refractivity (Wildman–Crippen MR) is 62.8 cm³/mol. The second kappa shape index (κ2) is 4.96. The molecule has 7 heteroatoms. The summed E-state index contributed by atoms with van der Waals surface area (Å²) in [5.74, 6) is 0.749. The van der Waals surface area contributed by atoms with Gasteiger partial charge < -0.3 is 9.47 Å². The zero-order valence-electron chi connectivity index (χ0n) is 9.41. The zero-order valence-corrected chi connectivity index (χ0v) is 10.2. The number of hydrogen-bond donors (Lipinski definition) is 0. The molecule has 2 aromatic rings. The van der Waals surface area contributed by atoms with Crippen molar-refractivity contribution in [2.24, 2.45) is 0 Å². The van der Waals surface area contributed by atoms with E-state index in [1.807, 2.05) is 5.38 Å². The molecule has 0 N–H and O–H groups in total. The standard InChI is InChI=1S/C10H11N3O3S/c1-15-8-3-11-6-13(10(8)14)4-7-5-17-12-9(7)16-2/h3,5-6H,4H2,1-2H3. The van der Waals surface area contributed by atoms with Gasteiger partial charge in [0.2, 0.25) is 11.6 Å². The van der Waals surface area contributed by atoms with Crippen molar-refractivity contribution in [2.45, 2.75) is 6.54 Å². The monoisotopic (exact) mass is 253 g/mol. The van der Waals surface area contributed by atoms with E-state index in [2.05, 4.69) is 9.36 Å². The maximum Gasteiger partial charge on any atom is 0.295 e. The van der Waals surface area contributed by atoms with Crippen LogP contribution in [0.5, 0.6) is 11.6 Å². The number of rotatable bonds is 4. The smallest absolute Gasteiger partial charge is 0.295 e. The summed E-state index contributed by atoms with van der Waals surface area (Å²) in [4.78, 5) is 15.8. The van der Waals surface area contributed by atoms with Gasteiger partial charge in [0.25, 0.3) is 5.56 Å². The second-order valence-electron chi connectivity index (χ2n) is 3.24. The van der Waals surface area contributed by atoms with Crippen LogP contribution < -0.4 is 15.0 Å². The molecule has 17 heavy (non-hydrogen) atoms. The third kappa shape index (κ3) is 2.28. The van der Waals surface area contributed by atoms with Gasteiger partial charge in [-0.2, -0.15) is 4.37 Å². The van der Waals surface area contributed by atoms with Gasteiger partial charge in [0.15, 0.2) is 0 Å². The van der Waals surface area contributed by atoms with Crippen LogP contribution in [0.2, 0.25) is 0 Å². The van der Waals surface area contributed by atoms with Crippen molar-refractivity contribution in [3.8, 4) is 11.6 Å². The molecule has 90 valence electrons. The Balaban J connectivity index is 2.34. The fourth-order valence-electron chi connectivity index (χ4n) is 1.39. The van der Waals surface area contributed by atoms with E-state index in [-0.39, 0.29) is 11.3 Å². The van der Waals surface area contributed by atoms with Crippen LogP contribution in [0, 0.1) is 0 Å². The van der Waals surface area contributed by atoms with Crippen LogP contribution in [0.25, 0.3) is 0 Å². The highest BCUT2D eigenvalue weighted by molar-refractivity contribution is 7.03. The first kappa shape index (κ1) is 11.6. The minimum atomic E-state index is -0.226. The molecule has 0 spiro atoms. The molecule has 6 nitrogen and oxygen atoms in total. The maximum absolute atomic E-state index is 11.9. The highest BCUT2D eigenvalue weighted by atomic mass is 32.1. The van der Waals surface area contributed by atoms with Crippen molar-refractivity contribution >= 4 is 11.5 Å². The van der Waals surface area contributed by atoms with Crippen molar-refractivity contribution in [3.05, 3.63) is 33.8 Å². The van der Waals surface area contributed by atoms with E-state index >= 15 is 0 Å². The summed E-state index contributed by atoms with van der Waals surface area (Å²) < 4.78 is 15.5. The molecule has 0 saturated carbocycles. The highest BCUT2D eigenvalue weighted by Gasteiger charge is 2.09. The Bertz CT molecular complexity index is 564. The van der Waals surface area contributed by atoms with Gasteiger partial charge in [0.05, 0.1) is 33.3 Å². The minimum Gasteiger partial charge on any atom is -0.490 e. The van der Waals surface area contributed by atoms with Crippen LogP contribution >= 0.6 is 11.5 Å². The quantitative estimate of drug-likeness (QED) is 0.805. The van der Waals surface area contributed by atoms with Gasteiger partial charge in [0.1, 0.15) is 0 Å². The number of nitrogens with zero attached hydrogens (tertiary/aromatic N) is 3. The van der Waals surface area contributed by atoms with Gasteiger partial charge in [-0.15, -0.1) is 0 Å². The van der Waals surface area contributed by atoms with Crippen LogP contribution in [0.3, 0.4) is 0 Å². The Hall–Kier alpha value is -1.89. The number of methoxy groups -OCH3 is 2. The summed E-state index contributed by atoms with van der Waals surface area (Å²) in [6.07, 6.45) is 2.85. The van der Waals surface area contributed by atoms with E-state index in [1.54, 1.807) is 7.11 Å². The average molecular weight is 253 g/mol. The molecule has 2 rings (SSSR count). The average Bonchev–Trinajstić information content (AvgIpc) is 2.79. The molecule has 0 aliphatic carbocycles. The first-order valence-corrected chi connectivity index (χ1v) is 5.65. The van der Waals surface area contributed by atoms with E-state index in [9.17, 15) is 4.79 Å². The van der Waals surface area contributed by atoms with E-state index in [0.29, 0.717) is 12.4 Å². The maximum atomic E-state index is 11.9. The normalized spacial score (nSPS) is 10.2. The molecule has 0 saturated heterocycles. The van der Waals surface area contributed by atoms with E-state index < -0.39 is 0 Å². The van der Waals surface area contributed by atoms with Gasteiger partial charge in [-0.05, 0) is 11.5 Å². The Morgan fingerprint density at radius 3 is 2.94 bits per heavy atom. The van der Waals surface area contributed by atoms with Crippen LogP contribution in [0.1, 0.15) is 5.56 Å². The van der Waals surface area contributed by atoms with Crippen LogP contribution in [0.4, 0.5) is 0 Å². The largest absolute Gasteiger partial charge is 0.490 e. The van der Waals surface area contributed by atoms with Gasteiger partial charge in [-0.1, -0.05) is 0 Å². The van der Waals surface area contributed by atoms with Gasteiger partial charge in [-0.25, -0.2) is 4.98 Å². The van der Waals surface area contributed by atoms with E-state index in [4.69, 9.17) is 9.47 Å². The fourth-order valence-corrected chi connectivity index (χ4v) is 2.03. The van der Waals surface area contributed by atoms with E-state index in [1.165, 1.54) is 35.7 Å². The third-order valence-electron chi connectivity index (χ3n) is 2.23. The molecule has 2 heterocycles. The highest BCUT2D eigenvalue weighted by Crippen LogP contribution is 2.18. The molecular formula is C10H11N3O3S. The summed E-state index contributed by atoms with van der Waals surface area (Å²) in [6.45, 7) is 0.364. The molecule has 0 aromatic carbocycles. The van der Waals surface area contributed by atoms with Crippen LogP contribution in [-0.4, -0.2) is 28.1 Å². The molecule has 0 unspecified atom stereocenters. The van der Waals surface area contributed by atoms with Gasteiger partial charge in [0, 0.05) is 10.9 Å². The first-order valence-electron chi connectivity index (χ1n) is 4.82. The topological polar surface area (TPSA) is 66.2 Å². The Kier molecular flexibility index (Phi) is 3.38. The van der Waals surface area contributed by atoms with Crippen molar-refractivity contribution in [3.63, 3.8) is 0 Å². The number of ether oxygens (including phenoxy) is 2. The zero-order chi connectivity index (χ0) is 12.3. The van der Waals surface area contributed by atoms with Crippen LogP contribution in [0.15, 0.2) is 22.7 Å². The molecule has 0 atom stereocenters. The lowest BCUT2D eigenvalue weighted by Gasteiger charge is -2.06. The molecule has 0 bridgehead atoms.